The number of halogens is 2. The van der Waals surface area contributed by atoms with Gasteiger partial charge in [0, 0.05) is 12.1 Å². The molecule has 1 aromatic carbocycles. The van der Waals surface area contributed by atoms with E-state index in [9.17, 15) is 8.78 Å². The quantitative estimate of drug-likeness (QED) is 0.687. The van der Waals surface area contributed by atoms with Crippen molar-refractivity contribution in [1.82, 2.24) is 5.32 Å². The molecule has 0 saturated carbocycles. The Bertz CT molecular complexity index is 248. The summed E-state index contributed by atoms with van der Waals surface area (Å²) in [6, 6.07) is 6.32. The van der Waals surface area contributed by atoms with Crippen LogP contribution in [-0.4, -0.2) is 6.30 Å². The molecule has 1 unspecified atom stereocenters. The number of hydrogen-bond acceptors (Lipinski definition) is 1. The van der Waals surface area contributed by atoms with Crippen molar-refractivity contribution in [1.29, 1.82) is 0 Å². The van der Waals surface area contributed by atoms with Gasteiger partial charge in [0.15, 0.2) is 0 Å². The Morgan fingerprint density at radius 3 is 2.67 bits per heavy atom. The minimum atomic E-state index is -1.11. The highest BCUT2D eigenvalue weighted by atomic mass is 19.1. The van der Waals surface area contributed by atoms with Gasteiger partial charge in [0.1, 0.15) is 12.1 Å². The lowest BCUT2D eigenvalue weighted by Gasteiger charge is -2.05. The molecule has 1 rings (SSSR count). The van der Waals surface area contributed by atoms with Crippen LogP contribution in [0.3, 0.4) is 0 Å². The van der Waals surface area contributed by atoms with Crippen molar-refractivity contribution in [2.45, 2.75) is 19.8 Å². The Morgan fingerprint density at radius 2 is 2.08 bits per heavy atom. The number of benzene rings is 1. The van der Waals surface area contributed by atoms with Gasteiger partial charge in [-0.05, 0) is 13.0 Å². The third-order valence-electron chi connectivity index (χ3n) is 1.53. The van der Waals surface area contributed by atoms with Gasteiger partial charge in [-0.1, -0.05) is 18.2 Å². The van der Waals surface area contributed by atoms with Gasteiger partial charge >= 0.3 is 0 Å². The van der Waals surface area contributed by atoms with Crippen LogP contribution < -0.4 is 5.32 Å². The fourth-order valence-corrected chi connectivity index (χ4v) is 0.892. The topological polar surface area (TPSA) is 12.0 Å². The summed E-state index contributed by atoms with van der Waals surface area (Å²) in [7, 11) is 0. The molecule has 0 heterocycles. The molecule has 0 radical (unpaired) electrons. The molecule has 0 saturated heterocycles. The molecular formula is C9H11F2N. The van der Waals surface area contributed by atoms with Crippen molar-refractivity contribution in [3.8, 4) is 0 Å². The minimum Gasteiger partial charge on any atom is -0.284 e. The van der Waals surface area contributed by atoms with E-state index in [4.69, 9.17) is 0 Å². The van der Waals surface area contributed by atoms with E-state index in [2.05, 4.69) is 5.32 Å². The highest BCUT2D eigenvalue weighted by Crippen LogP contribution is 2.05. The second-order valence-electron chi connectivity index (χ2n) is 2.59. The van der Waals surface area contributed by atoms with Crippen molar-refractivity contribution in [3.63, 3.8) is 0 Å². The lowest BCUT2D eigenvalue weighted by atomic mass is 10.2. The van der Waals surface area contributed by atoms with Crippen molar-refractivity contribution in [2.75, 3.05) is 0 Å². The summed E-state index contributed by atoms with van der Waals surface area (Å²) in [6.07, 6.45) is -1.11. The zero-order chi connectivity index (χ0) is 8.97. The Kier molecular flexibility index (Phi) is 3.17. The monoisotopic (exact) mass is 171 g/mol. The summed E-state index contributed by atoms with van der Waals surface area (Å²) in [5.41, 5.74) is 0.488. The van der Waals surface area contributed by atoms with E-state index in [1.807, 2.05) is 0 Å². The average molecular weight is 171 g/mol. The van der Waals surface area contributed by atoms with E-state index >= 15 is 0 Å². The molecule has 0 spiro atoms. The Balaban J connectivity index is 2.57. The van der Waals surface area contributed by atoms with E-state index in [1.54, 1.807) is 18.2 Å². The summed E-state index contributed by atoms with van der Waals surface area (Å²) in [5, 5.41) is 2.50. The van der Waals surface area contributed by atoms with Crippen LogP contribution in [0.15, 0.2) is 24.3 Å². The van der Waals surface area contributed by atoms with Crippen LogP contribution in [0.2, 0.25) is 0 Å². The van der Waals surface area contributed by atoms with Gasteiger partial charge in [0.2, 0.25) is 0 Å². The van der Waals surface area contributed by atoms with E-state index < -0.39 is 6.30 Å². The molecule has 0 amide bonds. The maximum atomic E-state index is 12.9. The van der Waals surface area contributed by atoms with Crippen LogP contribution in [-0.2, 0) is 6.54 Å². The standard InChI is InChI=1S/C9H11F2N/c1-7(10)12-6-8-4-2-3-5-9(8)11/h2-5,7,12H,6H2,1H3. The number of rotatable bonds is 3. The highest BCUT2D eigenvalue weighted by Gasteiger charge is 2.01. The van der Waals surface area contributed by atoms with Gasteiger partial charge in [-0.3, -0.25) is 5.32 Å². The Hall–Kier alpha value is -0.960. The largest absolute Gasteiger partial charge is 0.284 e. The molecule has 0 bridgehead atoms. The van der Waals surface area contributed by atoms with E-state index in [0.717, 1.165) is 0 Å². The van der Waals surface area contributed by atoms with Crippen molar-refractivity contribution < 1.29 is 8.78 Å². The van der Waals surface area contributed by atoms with Crippen LogP contribution in [0.4, 0.5) is 8.78 Å². The van der Waals surface area contributed by atoms with Gasteiger partial charge < -0.3 is 0 Å². The van der Waals surface area contributed by atoms with E-state index in [1.165, 1.54) is 13.0 Å². The number of nitrogens with one attached hydrogen (secondary N) is 1. The second kappa shape index (κ2) is 4.16. The summed E-state index contributed by atoms with van der Waals surface area (Å²) >= 11 is 0. The maximum absolute atomic E-state index is 12.9. The molecule has 0 aliphatic rings. The van der Waals surface area contributed by atoms with Gasteiger partial charge in [-0.25, -0.2) is 8.78 Å². The van der Waals surface area contributed by atoms with Crippen LogP contribution in [0.25, 0.3) is 0 Å². The van der Waals surface area contributed by atoms with Crippen molar-refractivity contribution in [2.24, 2.45) is 0 Å². The van der Waals surface area contributed by atoms with Gasteiger partial charge in [-0.15, -0.1) is 0 Å². The normalized spacial score (nSPS) is 12.9. The SMILES string of the molecule is CC(F)NCc1ccccc1F. The first-order valence-electron chi connectivity index (χ1n) is 3.81. The molecule has 1 nitrogen and oxygen atoms in total. The van der Waals surface area contributed by atoms with Crippen molar-refractivity contribution in [3.05, 3.63) is 35.6 Å². The molecular weight excluding hydrogens is 160 g/mol. The molecule has 0 aromatic heterocycles. The molecule has 0 fully saturated rings. The number of hydrogen-bond donors (Lipinski definition) is 1. The van der Waals surface area contributed by atoms with Gasteiger partial charge in [0.25, 0.3) is 0 Å². The molecule has 1 N–H and O–H groups in total. The molecule has 12 heavy (non-hydrogen) atoms. The third kappa shape index (κ3) is 2.58. The van der Waals surface area contributed by atoms with E-state index in [0.29, 0.717) is 5.56 Å². The lowest BCUT2D eigenvalue weighted by Crippen LogP contribution is -2.21. The predicted octanol–water partition coefficient (Wildman–Crippen LogP) is 2.23. The zero-order valence-electron chi connectivity index (χ0n) is 6.85. The molecule has 1 atom stereocenters. The summed E-state index contributed by atoms with van der Waals surface area (Å²) in [5.74, 6) is -0.300. The summed E-state index contributed by atoms with van der Waals surface area (Å²) in [4.78, 5) is 0. The van der Waals surface area contributed by atoms with Crippen LogP contribution in [0.1, 0.15) is 12.5 Å². The molecule has 0 aliphatic carbocycles. The molecule has 0 aliphatic heterocycles. The van der Waals surface area contributed by atoms with Crippen LogP contribution in [0.5, 0.6) is 0 Å². The Labute approximate surface area is 70.4 Å². The fourth-order valence-electron chi connectivity index (χ4n) is 0.892. The highest BCUT2D eigenvalue weighted by molar-refractivity contribution is 5.16. The second-order valence-corrected chi connectivity index (χ2v) is 2.59. The van der Waals surface area contributed by atoms with Gasteiger partial charge in [-0.2, -0.15) is 0 Å². The average Bonchev–Trinajstić information content (AvgIpc) is 2.03. The molecule has 1 aromatic rings. The van der Waals surface area contributed by atoms with Crippen molar-refractivity contribution >= 4 is 0 Å². The smallest absolute Gasteiger partial charge is 0.148 e. The Morgan fingerprint density at radius 1 is 1.42 bits per heavy atom. The van der Waals surface area contributed by atoms with Gasteiger partial charge in [0.05, 0.1) is 0 Å². The first-order valence-corrected chi connectivity index (χ1v) is 3.81. The van der Waals surface area contributed by atoms with Crippen LogP contribution in [0, 0.1) is 5.82 Å². The minimum absolute atomic E-state index is 0.227. The maximum Gasteiger partial charge on any atom is 0.148 e. The lowest BCUT2D eigenvalue weighted by molar-refractivity contribution is 0.295. The zero-order valence-corrected chi connectivity index (χ0v) is 6.85. The summed E-state index contributed by atoms with van der Waals surface area (Å²) in [6.45, 7) is 1.60. The fraction of sp³-hybridized carbons (Fsp3) is 0.333. The summed E-state index contributed by atoms with van der Waals surface area (Å²) < 4.78 is 25.2. The third-order valence-corrected chi connectivity index (χ3v) is 1.53. The molecule has 3 heteroatoms. The first kappa shape index (κ1) is 9.13. The van der Waals surface area contributed by atoms with Crippen LogP contribution >= 0.6 is 0 Å². The first-order chi connectivity index (χ1) is 5.70. The predicted molar refractivity (Wildman–Crippen MR) is 43.8 cm³/mol. The van der Waals surface area contributed by atoms with E-state index in [-0.39, 0.29) is 12.4 Å². The number of alkyl halides is 1. The molecule has 66 valence electrons.